The number of hydrogen-bond acceptors (Lipinski definition) is 5. The van der Waals surface area contributed by atoms with Crippen molar-refractivity contribution in [1.82, 2.24) is 9.97 Å². The summed E-state index contributed by atoms with van der Waals surface area (Å²) in [5.74, 6) is 0.466. The average Bonchev–Trinajstić information content (AvgIpc) is 3.23. The number of pyridine rings is 1. The number of carboxylic acids is 1. The molecule has 0 atom stereocenters. The lowest BCUT2D eigenvalue weighted by molar-refractivity contribution is -0.610. The third kappa shape index (κ3) is 5.68. The van der Waals surface area contributed by atoms with Gasteiger partial charge in [0, 0.05) is 16.5 Å². The van der Waals surface area contributed by atoms with Crippen LogP contribution in [0.5, 0.6) is 5.75 Å². The number of imidazole rings is 1. The number of carboxylic acid groups (broad SMARTS) is 1. The van der Waals surface area contributed by atoms with Gasteiger partial charge in [-0.25, -0.2) is 14.3 Å². The Morgan fingerprint density at radius 1 is 1.20 bits per heavy atom. The molecule has 0 fully saturated rings. The molecule has 2 aromatic carbocycles. The number of nitrogens with zero attached hydrogens (tertiary/aromatic N) is 2. The van der Waals surface area contributed by atoms with Crippen molar-refractivity contribution in [3.05, 3.63) is 77.1 Å². The Morgan fingerprint density at radius 3 is 2.63 bits per heavy atom. The van der Waals surface area contributed by atoms with E-state index < -0.39 is 17.7 Å². The van der Waals surface area contributed by atoms with Crippen LogP contribution in [-0.4, -0.2) is 28.2 Å². The van der Waals surface area contributed by atoms with Crippen LogP contribution >= 0.6 is 21.6 Å². The molecule has 0 amide bonds. The van der Waals surface area contributed by atoms with E-state index in [1.54, 1.807) is 48.2 Å². The molecular weight excluding hydrogens is 523 g/mol. The maximum atomic E-state index is 13.1. The van der Waals surface area contributed by atoms with Crippen molar-refractivity contribution in [2.45, 2.75) is 23.7 Å². The predicted molar refractivity (Wildman–Crippen MR) is 124 cm³/mol. The summed E-state index contributed by atoms with van der Waals surface area (Å²) in [7, 11) is 4.32. The summed E-state index contributed by atoms with van der Waals surface area (Å²) in [5, 5.41) is 9.40. The summed E-state index contributed by atoms with van der Waals surface area (Å²) in [4.78, 5) is 19.6. The number of fused-ring (bicyclic) bond motifs is 1. The van der Waals surface area contributed by atoms with Gasteiger partial charge in [0.15, 0.2) is 5.52 Å². The van der Waals surface area contributed by atoms with E-state index in [0.717, 1.165) is 23.4 Å². The van der Waals surface area contributed by atoms with Crippen LogP contribution in [0, 0.1) is 6.92 Å². The highest BCUT2D eigenvalue weighted by Gasteiger charge is 2.32. The van der Waals surface area contributed by atoms with E-state index in [2.05, 4.69) is 9.97 Å². The summed E-state index contributed by atoms with van der Waals surface area (Å²) in [6.45, 7) is 1.88. The molecule has 35 heavy (non-hydrogen) atoms. The van der Waals surface area contributed by atoms with Crippen LogP contribution in [0.1, 0.15) is 27.2 Å². The number of hydrogen-bond donors (Lipinski definition) is 2. The second kappa shape index (κ2) is 10.8. The zero-order valence-electron chi connectivity index (χ0n) is 18.4. The Balaban J connectivity index is 0.00000342. The minimum Gasteiger partial charge on any atom is -1.00 e. The normalized spacial score (nSPS) is 11.3. The Labute approximate surface area is 212 Å². The van der Waals surface area contributed by atoms with Gasteiger partial charge in [-0.1, -0.05) is 38.7 Å². The number of H-pyrrole nitrogens is 1. The lowest BCUT2D eigenvalue weighted by Crippen LogP contribution is -3.00. The van der Waals surface area contributed by atoms with Crippen molar-refractivity contribution >= 4 is 38.6 Å². The SMILES string of the molecule is COc1cc[n+](-c2nc3cc(C(F)(F)F)ccc3[nH]2)c(CSSc2ccccc2C(=O)O)c1C.[Cl-]. The quantitative estimate of drug-likeness (QED) is 0.277. The Morgan fingerprint density at radius 2 is 1.94 bits per heavy atom. The van der Waals surface area contributed by atoms with Gasteiger partial charge in [0.2, 0.25) is 0 Å². The van der Waals surface area contributed by atoms with Crippen LogP contribution in [0.25, 0.3) is 17.0 Å². The van der Waals surface area contributed by atoms with Crippen LogP contribution in [-0.2, 0) is 11.9 Å². The molecule has 6 nitrogen and oxygen atoms in total. The highest BCUT2D eigenvalue weighted by molar-refractivity contribution is 8.76. The molecule has 2 N–H and O–H groups in total. The van der Waals surface area contributed by atoms with E-state index in [-0.39, 0.29) is 23.5 Å². The first-order chi connectivity index (χ1) is 16.2. The molecule has 4 aromatic rings. The highest BCUT2D eigenvalue weighted by Crippen LogP contribution is 2.37. The summed E-state index contributed by atoms with van der Waals surface area (Å²) < 4.78 is 46.5. The third-order valence-electron chi connectivity index (χ3n) is 5.18. The molecule has 2 heterocycles. The molecule has 0 bridgehead atoms. The van der Waals surface area contributed by atoms with Crippen LogP contribution in [0.15, 0.2) is 59.6 Å². The summed E-state index contributed by atoms with van der Waals surface area (Å²) in [6.07, 6.45) is -2.72. The molecule has 0 spiro atoms. The molecule has 0 aliphatic carbocycles. The topological polar surface area (TPSA) is 79.1 Å². The molecular formula is C23H19ClF3N3O3S2. The van der Waals surface area contributed by atoms with E-state index in [4.69, 9.17) is 4.74 Å². The van der Waals surface area contributed by atoms with Gasteiger partial charge in [-0.2, -0.15) is 13.2 Å². The van der Waals surface area contributed by atoms with Crippen LogP contribution in [0.3, 0.4) is 0 Å². The Hall–Kier alpha value is -2.89. The lowest BCUT2D eigenvalue weighted by Gasteiger charge is -2.12. The molecule has 0 unspecified atom stereocenters. The first-order valence-corrected chi connectivity index (χ1v) is 12.3. The molecule has 0 aliphatic heterocycles. The number of rotatable bonds is 7. The van der Waals surface area contributed by atoms with E-state index in [9.17, 15) is 23.1 Å². The number of nitrogens with one attached hydrogen (secondary N) is 1. The Bertz CT molecular complexity index is 1380. The number of aromatic amines is 1. The van der Waals surface area contributed by atoms with Crippen LogP contribution in [0.2, 0.25) is 0 Å². The van der Waals surface area contributed by atoms with Crippen molar-refractivity contribution in [1.29, 1.82) is 0 Å². The first-order valence-electron chi connectivity index (χ1n) is 9.96. The number of aromatic carboxylic acids is 1. The fourth-order valence-electron chi connectivity index (χ4n) is 3.42. The standard InChI is InChI=1S/C23H18F3N3O3S2.ClH/c1-13-18(12-33-34-20-6-4-3-5-15(20)21(30)31)29(10-9-19(13)32-2)22-27-16-8-7-14(23(24,25)26)11-17(16)28-22;/h3-11H,12H2,1-2H3,(H-,27,28,30,31);1H. The van der Waals surface area contributed by atoms with Crippen LogP contribution in [0.4, 0.5) is 13.2 Å². The number of ether oxygens (including phenoxy) is 1. The molecule has 0 aliphatic rings. The molecule has 0 saturated carbocycles. The number of benzene rings is 2. The number of methoxy groups -OCH3 is 1. The number of alkyl halides is 3. The van der Waals surface area contributed by atoms with Gasteiger partial charge in [-0.3, -0.25) is 0 Å². The fourth-order valence-corrected chi connectivity index (χ4v) is 5.79. The van der Waals surface area contributed by atoms with Gasteiger partial charge in [0.1, 0.15) is 17.0 Å². The number of carbonyl (C=O) groups is 1. The van der Waals surface area contributed by atoms with E-state index in [0.29, 0.717) is 27.9 Å². The van der Waals surface area contributed by atoms with Gasteiger partial charge in [-0.15, -0.1) is 0 Å². The van der Waals surface area contributed by atoms with Gasteiger partial charge in [0.05, 0.1) is 30.2 Å². The third-order valence-corrected chi connectivity index (χ3v) is 7.47. The predicted octanol–water partition coefficient (Wildman–Crippen LogP) is 2.82. The highest BCUT2D eigenvalue weighted by atomic mass is 35.5. The molecule has 4 rings (SSSR count). The van der Waals surface area contributed by atoms with Gasteiger partial charge < -0.3 is 22.3 Å². The van der Waals surface area contributed by atoms with Gasteiger partial charge in [-0.05, 0) is 37.3 Å². The van der Waals surface area contributed by atoms with Gasteiger partial charge >= 0.3 is 18.1 Å². The minimum absolute atomic E-state index is 0. The van der Waals surface area contributed by atoms with Crippen molar-refractivity contribution in [2.75, 3.05) is 7.11 Å². The zero-order valence-corrected chi connectivity index (χ0v) is 20.8. The second-order valence-corrected chi connectivity index (χ2v) is 9.60. The second-order valence-electron chi connectivity index (χ2n) is 7.26. The summed E-state index contributed by atoms with van der Waals surface area (Å²) >= 11 is 0. The molecule has 2 aromatic heterocycles. The maximum absolute atomic E-state index is 13.1. The summed E-state index contributed by atoms with van der Waals surface area (Å²) in [6, 6.07) is 11.9. The van der Waals surface area contributed by atoms with E-state index >= 15 is 0 Å². The van der Waals surface area contributed by atoms with E-state index in [1.807, 2.05) is 6.92 Å². The number of halogens is 4. The molecule has 0 radical (unpaired) electrons. The molecule has 184 valence electrons. The first kappa shape index (κ1) is 26.7. The largest absolute Gasteiger partial charge is 1.00 e. The smallest absolute Gasteiger partial charge is 0.416 e. The lowest BCUT2D eigenvalue weighted by atomic mass is 10.2. The van der Waals surface area contributed by atoms with Crippen LogP contribution < -0.4 is 21.7 Å². The zero-order chi connectivity index (χ0) is 24.5. The minimum atomic E-state index is -4.46. The van der Waals surface area contributed by atoms with Crippen molar-refractivity contribution < 1.29 is 44.8 Å². The van der Waals surface area contributed by atoms with Crippen molar-refractivity contribution in [2.24, 2.45) is 0 Å². The number of aromatic nitrogens is 3. The summed E-state index contributed by atoms with van der Waals surface area (Å²) in [5.41, 5.74) is 1.77. The van der Waals surface area contributed by atoms with Gasteiger partial charge in [0.25, 0.3) is 0 Å². The van der Waals surface area contributed by atoms with Crippen molar-refractivity contribution in [3.8, 4) is 11.7 Å². The Kier molecular flexibility index (Phi) is 8.24. The van der Waals surface area contributed by atoms with Crippen molar-refractivity contribution in [3.63, 3.8) is 0 Å². The van der Waals surface area contributed by atoms with E-state index in [1.165, 1.54) is 27.7 Å². The molecule has 0 saturated heterocycles. The average molecular weight is 542 g/mol. The maximum Gasteiger partial charge on any atom is 0.416 e. The molecule has 12 heteroatoms. The fraction of sp³-hybridized carbons (Fsp3) is 0.174. The monoisotopic (exact) mass is 541 g/mol.